The molecule has 2 aromatic carbocycles. The van der Waals surface area contributed by atoms with Crippen molar-refractivity contribution in [1.82, 2.24) is 15.5 Å². The van der Waals surface area contributed by atoms with Gasteiger partial charge in [-0.15, -0.1) is 5.10 Å². The van der Waals surface area contributed by atoms with E-state index in [0.717, 1.165) is 16.9 Å². The summed E-state index contributed by atoms with van der Waals surface area (Å²) in [5.41, 5.74) is 2.17. The molecule has 0 saturated carbocycles. The van der Waals surface area contributed by atoms with Gasteiger partial charge in [-0.25, -0.2) is 4.79 Å². The van der Waals surface area contributed by atoms with Crippen LogP contribution in [-0.2, 0) is 12.8 Å². The number of benzene rings is 2. The van der Waals surface area contributed by atoms with Crippen LogP contribution in [0.2, 0.25) is 0 Å². The Morgan fingerprint density at radius 3 is 2.54 bits per heavy atom. The van der Waals surface area contributed by atoms with Crippen molar-refractivity contribution in [2.75, 3.05) is 19.0 Å². The van der Waals surface area contributed by atoms with Crippen LogP contribution in [0.4, 0.5) is 10.8 Å². The Kier molecular flexibility index (Phi) is 5.82. The van der Waals surface area contributed by atoms with Gasteiger partial charge in [-0.3, -0.25) is 5.32 Å². The van der Waals surface area contributed by atoms with Crippen molar-refractivity contribution >= 4 is 12.0 Å². The summed E-state index contributed by atoms with van der Waals surface area (Å²) >= 11 is 0. The molecule has 1 heterocycles. The molecule has 0 atom stereocenters. The summed E-state index contributed by atoms with van der Waals surface area (Å²) in [6, 6.07) is 17.2. The van der Waals surface area contributed by atoms with Crippen molar-refractivity contribution in [3.63, 3.8) is 0 Å². The van der Waals surface area contributed by atoms with E-state index in [1.807, 2.05) is 54.6 Å². The summed E-state index contributed by atoms with van der Waals surface area (Å²) in [4.78, 5) is 11.9. The predicted molar refractivity (Wildman–Crippen MR) is 97.3 cm³/mol. The van der Waals surface area contributed by atoms with E-state index in [9.17, 15) is 4.79 Å². The van der Waals surface area contributed by atoms with Crippen LogP contribution >= 0.6 is 0 Å². The Labute approximate surface area is 151 Å². The van der Waals surface area contributed by atoms with Gasteiger partial charge in [-0.2, -0.15) is 0 Å². The third-order valence-corrected chi connectivity index (χ3v) is 3.74. The highest BCUT2D eigenvalue weighted by Crippen LogP contribution is 2.12. The molecule has 0 saturated heterocycles. The van der Waals surface area contributed by atoms with E-state index in [1.54, 1.807) is 7.11 Å². The Balaban J connectivity index is 1.43. The van der Waals surface area contributed by atoms with Crippen LogP contribution in [0.3, 0.4) is 0 Å². The first kappa shape index (κ1) is 17.5. The van der Waals surface area contributed by atoms with Gasteiger partial charge < -0.3 is 14.5 Å². The lowest BCUT2D eigenvalue weighted by Gasteiger charge is -2.05. The Morgan fingerprint density at radius 2 is 1.81 bits per heavy atom. The fourth-order valence-electron chi connectivity index (χ4n) is 2.40. The maximum atomic E-state index is 11.9. The molecule has 0 radical (unpaired) electrons. The van der Waals surface area contributed by atoms with Crippen molar-refractivity contribution in [1.29, 1.82) is 0 Å². The van der Waals surface area contributed by atoms with E-state index in [0.29, 0.717) is 25.3 Å². The lowest BCUT2D eigenvalue weighted by Crippen LogP contribution is -2.30. The molecule has 0 spiro atoms. The van der Waals surface area contributed by atoms with Crippen LogP contribution in [0, 0.1) is 0 Å². The Hall–Kier alpha value is -3.35. The number of aromatic nitrogens is 2. The summed E-state index contributed by atoms with van der Waals surface area (Å²) in [6.07, 6.45) is 1.23. The number of carbonyl (C=O) groups is 1. The Morgan fingerprint density at radius 1 is 1.04 bits per heavy atom. The molecule has 2 amide bonds. The first-order valence-corrected chi connectivity index (χ1v) is 8.27. The van der Waals surface area contributed by atoms with Gasteiger partial charge in [-0.05, 0) is 29.7 Å². The number of carbonyl (C=O) groups excluding carboxylic acids is 1. The number of hydrogen-bond acceptors (Lipinski definition) is 5. The number of urea groups is 1. The Bertz CT molecular complexity index is 832. The second-order valence-electron chi connectivity index (χ2n) is 5.64. The maximum Gasteiger partial charge on any atom is 0.323 e. The fourth-order valence-corrected chi connectivity index (χ4v) is 2.40. The van der Waals surface area contributed by atoms with Gasteiger partial charge in [0.2, 0.25) is 5.89 Å². The summed E-state index contributed by atoms with van der Waals surface area (Å²) in [6.45, 7) is 0.489. The number of ether oxygens (including phenoxy) is 1. The monoisotopic (exact) mass is 352 g/mol. The van der Waals surface area contributed by atoms with Crippen molar-refractivity contribution in [3.8, 4) is 5.75 Å². The smallest absolute Gasteiger partial charge is 0.323 e. The molecular weight excluding hydrogens is 332 g/mol. The molecule has 2 N–H and O–H groups in total. The van der Waals surface area contributed by atoms with Crippen molar-refractivity contribution in [2.45, 2.75) is 12.8 Å². The van der Waals surface area contributed by atoms with E-state index >= 15 is 0 Å². The largest absolute Gasteiger partial charge is 0.497 e. The molecule has 0 aliphatic carbocycles. The number of nitrogens with zero attached hydrogens (tertiary/aromatic N) is 2. The van der Waals surface area contributed by atoms with Crippen LogP contribution < -0.4 is 15.4 Å². The molecule has 3 rings (SSSR count). The first-order valence-electron chi connectivity index (χ1n) is 8.27. The minimum absolute atomic E-state index is 0.0814. The van der Waals surface area contributed by atoms with E-state index < -0.39 is 0 Å². The van der Waals surface area contributed by atoms with Crippen LogP contribution in [-0.4, -0.2) is 29.9 Å². The standard InChI is InChI=1S/C19H20N4O3/c1-25-16-9-7-14(8-10-16)11-12-20-18(24)21-19-23-22-17(26-19)13-15-5-3-2-4-6-15/h2-10H,11-13H2,1H3,(H2,20,21,23,24). The first-order chi connectivity index (χ1) is 12.7. The number of hydrogen-bond donors (Lipinski definition) is 2. The van der Waals surface area contributed by atoms with E-state index in [1.165, 1.54) is 0 Å². The molecular formula is C19H20N4O3. The maximum absolute atomic E-state index is 11.9. The highest BCUT2D eigenvalue weighted by Gasteiger charge is 2.10. The minimum Gasteiger partial charge on any atom is -0.497 e. The molecule has 0 bridgehead atoms. The van der Waals surface area contributed by atoms with E-state index in [2.05, 4.69) is 20.8 Å². The quantitative estimate of drug-likeness (QED) is 0.682. The lowest BCUT2D eigenvalue weighted by molar-refractivity contribution is 0.251. The van der Waals surface area contributed by atoms with Crippen molar-refractivity contribution in [3.05, 3.63) is 71.6 Å². The number of anilines is 1. The molecule has 0 aliphatic rings. The van der Waals surface area contributed by atoms with Gasteiger partial charge >= 0.3 is 12.0 Å². The van der Waals surface area contributed by atoms with Crippen molar-refractivity contribution < 1.29 is 13.9 Å². The molecule has 7 heteroatoms. The SMILES string of the molecule is COc1ccc(CCNC(=O)Nc2nnc(Cc3ccccc3)o2)cc1. The van der Waals surface area contributed by atoms with Crippen LogP contribution in [0.5, 0.6) is 5.75 Å². The van der Waals surface area contributed by atoms with Gasteiger partial charge in [0.15, 0.2) is 0 Å². The van der Waals surface area contributed by atoms with E-state index in [-0.39, 0.29) is 12.0 Å². The van der Waals surface area contributed by atoms with E-state index in [4.69, 9.17) is 9.15 Å². The number of methoxy groups -OCH3 is 1. The number of rotatable bonds is 7. The minimum atomic E-state index is -0.381. The van der Waals surface area contributed by atoms with Crippen LogP contribution in [0.15, 0.2) is 59.0 Å². The summed E-state index contributed by atoms with van der Waals surface area (Å²) in [7, 11) is 1.63. The average Bonchev–Trinajstić information content (AvgIpc) is 3.10. The van der Waals surface area contributed by atoms with Gasteiger partial charge in [-0.1, -0.05) is 47.6 Å². The van der Waals surface area contributed by atoms with Gasteiger partial charge in [0.25, 0.3) is 0 Å². The zero-order chi connectivity index (χ0) is 18.2. The molecule has 1 aromatic heterocycles. The fraction of sp³-hybridized carbons (Fsp3) is 0.211. The number of nitrogens with one attached hydrogen (secondary N) is 2. The predicted octanol–water partition coefficient (Wildman–Crippen LogP) is 3.03. The summed E-state index contributed by atoms with van der Waals surface area (Å²) < 4.78 is 10.6. The second kappa shape index (κ2) is 8.66. The topological polar surface area (TPSA) is 89.3 Å². The molecule has 0 fully saturated rings. The molecule has 3 aromatic rings. The molecule has 26 heavy (non-hydrogen) atoms. The average molecular weight is 352 g/mol. The third kappa shape index (κ3) is 5.07. The highest BCUT2D eigenvalue weighted by atomic mass is 16.5. The zero-order valence-corrected chi connectivity index (χ0v) is 14.4. The number of amides is 2. The molecule has 0 unspecified atom stereocenters. The zero-order valence-electron chi connectivity index (χ0n) is 14.4. The lowest BCUT2D eigenvalue weighted by atomic mass is 10.1. The van der Waals surface area contributed by atoms with Gasteiger partial charge in [0.1, 0.15) is 5.75 Å². The highest BCUT2D eigenvalue weighted by molar-refractivity contribution is 5.86. The molecule has 7 nitrogen and oxygen atoms in total. The second-order valence-corrected chi connectivity index (χ2v) is 5.64. The third-order valence-electron chi connectivity index (χ3n) is 3.74. The van der Waals surface area contributed by atoms with Crippen LogP contribution in [0.25, 0.3) is 0 Å². The summed E-state index contributed by atoms with van der Waals surface area (Å²) in [5.74, 6) is 1.26. The van der Waals surface area contributed by atoms with Gasteiger partial charge in [0, 0.05) is 6.54 Å². The molecule has 0 aliphatic heterocycles. The molecule has 134 valence electrons. The van der Waals surface area contributed by atoms with Crippen molar-refractivity contribution in [2.24, 2.45) is 0 Å². The normalized spacial score (nSPS) is 10.3. The van der Waals surface area contributed by atoms with Crippen LogP contribution in [0.1, 0.15) is 17.0 Å². The summed E-state index contributed by atoms with van der Waals surface area (Å²) in [5, 5.41) is 13.1. The van der Waals surface area contributed by atoms with Gasteiger partial charge in [0.05, 0.1) is 13.5 Å².